The van der Waals surface area contributed by atoms with Gasteiger partial charge in [0.25, 0.3) is 0 Å². The predicted molar refractivity (Wildman–Crippen MR) is 124 cm³/mol. The summed E-state index contributed by atoms with van der Waals surface area (Å²) in [6.07, 6.45) is -0.584. The van der Waals surface area contributed by atoms with Crippen LogP contribution >= 0.6 is 35.6 Å². The second kappa shape index (κ2) is 12.0. The standard InChI is InChI=1S/C23H23Cl2NO3.ClH/c1-28-22-9-5-8-17(13-26-14-21(27)16-6-3-2-4-7-16)23(22)29-15-18-10-11-19(24)12-20(18)25;/h2-12,21,26-27H,13-15H2,1H3;1H. The Bertz CT molecular complexity index is 938. The van der Waals surface area contributed by atoms with Crippen molar-refractivity contribution in [1.29, 1.82) is 0 Å². The Kier molecular flexibility index (Phi) is 9.76. The van der Waals surface area contributed by atoms with E-state index in [2.05, 4.69) is 5.32 Å². The lowest BCUT2D eigenvalue weighted by Crippen LogP contribution is -2.21. The number of rotatable bonds is 9. The lowest BCUT2D eigenvalue weighted by atomic mass is 10.1. The van der Waals surface area contributed by atoms with Gasteiger partial charge in [0.15, 0.2) is 11.5 Å². The molecule has 0 saturated carbocycles. The third-order valence-corrected chi connectivity index (χ3v) is 5.09. The van der Waals surface area contributed by atoms with Gasteiger partial charge in [-0.1, -0.05) is 71.7 Å². The Morgan fingerprint density at radius 3 is 2.43 bits per heavy atom. The molecule has 0 amide bonds. The zero-order valence-electron chi connectivity index (χ0n) is 16.5. The maximum Gasteiger partial charge on any atom is 0.166 e. The van der Waals surface area contributed by atoms with Crippen LogP contribution in [-0.2, 0) is 13.2 Å². The SMILES string of the molecule is COc1cccc(CNCC(O)c2ccccc2)c1OCc1ccc(Cl)cc1Cl.Cl. The van der Waals surface area contributed by atoms with Gasteiger partial charge in [-0.25, -0.2) is 0 Å². The van der Waals surface area contributed by atoms with Crippen LogP contribution in [0.25, 0.3) is 0 Å². The number of ether oxygens (including phenoxy) is 2. The molecule has 7 heteroatoms. The van der Waals surface area contributed by atoms with Crippen molar-refractivity contribution in [1.82, 2.24) is 5.32 Å². The zero-order valence-corrected chi connectivity index (χ0v) is 18.8. The number of methoxy groups -OCH3 is 1. The Labute approximate surface area is 193 Å². The minimum absolute atomic E-state index is 0. The van der Waals surface area contributed by atoms with E-state index in [9.17, 15) is 5.11 Å². The molecule has 0 aromatic heterocycles. The molecular weight excluding hydrogens is 445 g/mol. The number of benzene rings is 3. The average Bonchev–Trinajstić information content (AvgIpc) is 2.74. The number of aliphatic hydroxyl groups is 1. The third kappa shape index (κ3) is 6.53. The molecule has 0 spiro atoms. The second-order valence-electron chi connectivity index (χ2n) is 6.53. The fourth-order valence-corrected chi connectivity index (χ4v) is 3.41. The van der Waals surface area contributed by atoms with Gasteiger partial charge in [0.2, 0.25) is 0 Å². The van der Waals surface area contributed by atoms with Crippen LogP contribution < -0.4 is 14.8 Å². The predicted octanol–water partition coefficient (Wildman–Crippen LogP) is 5.83. The molecule has 0 radical (unpaired) electrons. The van der Waals surface area contributed by atoms with Crippen LogP contribution in [0.4, 0.5) is 0 Å². The van der Waals surface area contributed by atoms with Crippen molar-refractivity contribution >= 4 is 35.6 Å². The number of aliphatic hydroxyl groups excluding tert-OH is 1. The number of hydrogen-bond donors (Lipinski definition) is 2. The van der Waals surface area contributed by atoms with E-state index in [1.54, 1.807) is 19.2 Å². The third-order valence-electron chi connectivity index (χ3n) is 4.50. The molecule has 1 unspecified atom stereocenters. The molecule has 0 fully saturated rings. The molecule has 30 heavy (non-hydrogen) atoms. The Morgan fingerprint density at radius 2 is 1.73 bits per heavy atom. The smallest absolute Gasteiger partial charge is 0.166 e. The first-order chi connectivity index (χ1) is 14.1. The van der Waals surface area contributed by atoms with E-state index in [0.29, 0.717) is 34.6 Å². The fourth-order valence-electron chi connectivity index (χ4n) is 2.95. The molecule has 0 saturated heterocycles. The van der Waals surface area contributed by atoms with E-state index >= 15 is 0 Å². The molecule has 160 valence electrons. The van der Waals surface area contributed by atoms with Gasteiger partial charge in [0, 0.05) is 34.3 Å². The highest BCUT2D eigenvalue weighted by molar-refractivity contribution is 6.35. The summed E-state index contributed by atoms with van der Waals surface area (Å²) in [5.74, 6) is 1.28. The van der Waals surface area contributed by atoms with E-state index in [-0.39, 0.29) is 19.0 Å². The second-order valence-corrected chi connectivity index (χ2v) is 7.37. The zero-order chi connectivity index (χ0) is 20.6. The van der Waals surface area contributed by atoms with E-state index in [0.717, 1.165) is 16.7 Å². The van der Waals surface area contributed by atoms with Crippen LogP contribution in [0.2, 0.25) is 10.0 Å². The Morgan fingerprint density at radius 1 is 0.967 bits per heavy atom. The van der Waals surface area contributed by atoms with Crippen molar-refractivity contribution in [2.75, 3.05) is 13.7 Å². The van der Waals surface area contributed by atoms with Crippen molar-refractivity contribution < 1.29 is 14.6 Å². The van der Waals surface area contributed by atoms with Gasteiger partial charge in [-0.3, -0.25) is 0 Å². The van der Waals surface area contributed by atoms with Crippen molar-refractivity contribution in [3.8, 4) is 11.5 Å². The first-order valence-electron chi connectivity index (χ1n) is 9.25. The summed E-state index contributed by atoms with van der Waals surface area (Å²) in [6.45, 7) is 1.23. The van der Waals surface area contributed by atoms with Gasteiger partial charge in [-0.2, -0.15) is 0 Å². The van der Waals surface area contributed by atoms with Crippen molar-refractivity contribution in [2.24, 2.45) is 0 Å². The topological polar surface area (TPSA) is 50.7 Å². The van der Waals surface area contributed by atoms with E-state index in [1.165, 1.54) is 0 Å². The van der Waals surface area contributed by atoms with E-state index < -0.39 is 6.10 Å². The first kappa shape index (κ1) is 24.3. The first-order valence-corrected chi connectivity index (χ1v) is 10.0. The Hall–Kier alpha value is -1.95. The van der Waals surface area contributed by atoms with Gasteiger partial charge in [0.05, 0.1) is 13.2 Å². The highest BCUT2D eigenvalue weighted by Crippen LogP contribution is 2.33. The summed E-state index contributed by atoms with van der Waals surface area (Å²) >= 11 is 12.2. The molecule has 3 aromatic carbocycles. The average molecular weight is 469 g/mol. The van der Waals surface area contributed by atoms with Gasteiger partial charge in [-0.05, 0) is 23.8 Å². The summed E-state index contributed by atoms with van der Waals surface area (Å²) in [5.41, 5.74) is 2.63. The highest BCUT2D eigenvalue weighted by atomic mass is 35.5. The van der Waals surface area contributed by atoms with Crippen LogP contribution in [0.3, 0.4) is 0 Å². The summed E-state index contributed by atoms with van der Waals surface area (Å²) in [7, 11) is 1.60. The minimum Gasteiger partial charge on any atom is -0.493 e. The Balaban J connectivity index is 0.00000320. The number of nitrogens with one attached hydrogen (secondary N) is 1. The lowest BCUT2D eigenvalue weighted by Gasteiger charge is -2.17. The van der Waals surface area contributed by atoms with Gasteiger partial charge in [0.1, 0.15) is 6.61 Å². The summed E-state index contributed by atoms with van der Waals surface area (Å²) in [6, 6.07) is 20.6. The lowest BCUT2D eigenvalue weighted by molar-refractivity contribution is 0.174. The largest absolute Gasteiger partial charge is 0.493 e. The number of halogens is 3. The molecule has 0 aliphatic heterocycles. The summed E-state index contributed by atoms with van der Waals surface area (Å²) < 4.78 is 11.5. The molecule has 4 nitrogen and oxygen atoms in total. The van der Waals surface area contributed by atoms with Crippen LogP contribution in [-0.4, -0.2) is 18.8 Å². The van der Waals surface area contributed by atoms with Crippen molar-refractivity contribution in [3.63, 3.8) is 0 Å². The molecule has 1 atom stereocenters. The molecule has 0 aliphatic rings. The number of hydrogen-bond acceptors (Lipinski definition) is 4. The molecule has 0 bridgehead atoms. The monoisotopic (exact) mass is 467 g/mol. The van der Waals surface area contributed by atoms with Crippen LogP contribution in [0, 0.1) is 0 Å². The van der Waals surface area contributed by atoms with E-state index in [1.807, 2.05) is 54.6 Å². The summed E-state index contributed by atoms with van der Waals surface area (Å²) in [5, 5.41) is 14.7. The quantitative estimate of drug-likeness (QED) is 0.415. The van der Waals surface area contributed by atoms with Crippen LogP contribution in [0.15, 0.2) is 66.7 Å². The maximum absolute atomic E-state index is 10.3. The van der Waals surface area contributed by atoms with Gasteiger partial charge < -0.3 is 19.9 Å². The van der Waals surface area contributed by atoms with E-state index in [4.69, 9.17) is 32.7 Å². The molecule has 3 rings (SSSR count). The normalized spacial score (nSPS) is 11.5. The van der Waals surface area contributed by atoms with Crippen LogP contribution in [0.5, 0.6) is 11.5 Å². The molecule has 2 N–H and O–H groups in total. The van der Waals surface area contributed by atoms with Crippen molar-refractivity contribution in [2.45, 2.75) is 19.3 Å². The molecule has 0 aliphatic carbocycles. The van der Waals surface area contributed by atoms with Crippen molar-refractivity contribution in [3.05, 3.63) is 93.5 Å². The highest BCUT2D eigenvalue weighted by Gasteiger charge is 2.13. The van der Waals surface area contributed by atoms with Gasteiger partial charge >= 0.3 is 0 Å². The molecular formula is C23H24Cl3NO3. The van der Waals surface area contributed by atoms with Crippen LogP contribution in [0.1, 0.15) is 22.8 Å². The van der Waals surface area contributed by atoms with Gasteiger partial charge in [-0.15, -0.1) is 12.4 Å². The fraction of sp³-hybridized carbons (Fsp3) is 0.217. The maximum atomic E-state index is 10.3. The molecule has 0 heterocycles. The molecule has 3 aromatic rings. The minimum atomic E-state index is -0.584. The summed E-state index contributed by atoms with van der Waals surface area (Å²) in [4.78, 5) is 0. The number of para-hydroxylation sites is 1.